The molecule has 0 aromatic heterocycles. The molecule has 0 radical (unpaired) electrons. The van der Waals surface area contributed by atoms with Crippen molar-refractivity contribution in [1.82, 2.24) is 0 Å². The number of thiol groups is 1. The first kappa shape index (κ1) is 8.15. The zero-order valence-electron chi connectivity index (χ0n) is 5.67. The minimum atomic E-state index is 0.586. The Morgan fingerprint density at radius 1 is 1.67 bits per heavy atom. The SMILES string of the molecule is CC(S)CS[S+]1CCC1. The second-order valence-electron chi connectivity index (χ2n) is 2.34. The van der Waals surface area contributed by atoms with E-state index in [-0.39, 0.29) is 0 Å². The minimum absolute atomic E-state index is 0.586. The first-order chi connectivity index (χ1) is 4.29. The summed E-state index contributed by atoms with van der Waals surface area (Å²) in [5.74, 6) is 4.20. The van der Waals surface area contributed by atoms with Gasteiger partial charge in [0, 0.05) is 11.7 Å². The lowest BCUT2D eigenvalue weighted by Crippen LogP contribution is -2.21. The molecule has 1 fully saturated rings. The predicted octanol–water partition coefficient (Wildman–Crippen LogP) is 1.97. The fraction of sp³-hybridized carbons (Fsp3) is 1.00. The van der Waals surface area contributed by atoms with E-state index in [1.807, 2.05) is 0 Å². The lowest BCUT2D eigenvalue weighted by molar-refractivity contribution is 1.05. The molecule has 0 bridgehead atoms. The van der Waals surface area contributed by atoms with Crippen molar-refractivity contribution in [2.75, 3.05) is 17.3 Å². The topological polar surface area (TPSA) is 0 Å². The predicted molar refractivity (Wildman–Crippen MR) is 52.6 cm³/mol. The molecule has 1 saturated heterocycles. The van der Waals surface area contributed by atoms with Gasteiger partial charge in [-0.25, -0.2) is 0 Å². The molecule has 1 aliphatic rings. The van der Waals surface area contributed by atoms with E-state index in [4.69, 9.17) is 0 Å². The van der Waals surface area contributed by atoms with Gasteiger partial charge in [-0.15, -0.1) is 0 Å². The first-order valence-corrected chi connectivity index (χ1v) is 6.86. The molecular weight excluding hydrogens is 168 g/mol. The number of hydrogen-bond donors (Lipinski definition) is 1. The summed E-state index contributed by atoms with van der Waals surface area (Å²) in [6, 6.07) is 0. The number of rotatable bonds is 3. The molecule has 0 nitrogen and oxygen atoms in total. The average molecular weight is 181 g/mol. The van der Waals surface area contributed by atoms with Gasteiger partial charge in [0.1, 0.15) is 11.5 Å². The van der Waals surface area contributed by atoms with Crippen molar-refractivity contribution < 1.29 is 0 Å². The zero-order chi connectivity index (χ0) is 6.69. The Bertz CT molecular complexity index is 78.4. The Hall–Kier alpha value is 1.05. The summed E-state index contributed by atoms with van der Waals surface area (Å²) in [5.41, 5.74) is 0. The van der Waals surface area contributed by atoms with E-state index in [9.17, 15) is 0 Å². The van der Waals surface area contributed by atoms with E-state index in [1.54, 1.807) is 0 Å². The molecule has 54 valence electrons. The third-order valence-corrected chi connectivity index (χ3v) is 6.52. The summed E-state index contributed by atoms with van der Waals surface area (Å²) in [4.78, 5) is 0. The van der Waals surface area contributed by atoms with E-state index in [2.05, 4.69) is 30.3 Å². The molecular formula is C6H13S3+. The van der Waals surface area contributed by atoms with Gasteiger partial charge in [-0.05, 0) is 0 Å². The molecule has 0 spiro atoms. The van der Waals surface area contributed by atoms with Crippen LogP contribution in [0.15, 0.2) is 0 Å². The van der Waals surface area contributed by atoms with Crippen LogP contribution >= 0.6 is 23.4 Å². The van der Waals surface area contributed by atoms with Crippen LogP contribution in [0.2, 0.25) is 0 Å². The van der Waals surface area contributed by atoms with Gasteiger partial charge in [-0.3, -0.25) is 0 Å². The third kappa shape index (κ3) is 3.10. The maximum atomic E-state index is 4.32. The van der Waals surface area contributed by atoms with Crippen molar-refractivity contribution in [2.24, 2.45) is 0 Å². The Morgan fingerprint density at radius 2 is 2.33 bits per heavy atom. The molecule has 0 N–H and O–H groups in total. The fourth-order valence-corrected chi connectivity index (χ4v) is 4.85. The highest BCUT2D eigenvalue weighted by Crippen LogP contribution is 2.27. The Kier molecular flexibility index (Phi) is 3.66. The average Bonchev–Trinajstić information content (AvgIpc) is 1.60. The van der Waals surface area contributed by atoms with Gasteiger partial charge in [0.2, 0.25) is 0 Å². The normalized spacial score (nSPS) is 23.3. The van der Waals surface area contributed by atoms with Crippen molar-refractivity contribution >= 4 is 33.3 Å². The van der Waals surface area contributed by atoms with Crippen LogP contribution in [-0.4, -0.2) is 22.5 Å². The van der Waals surface area contributed by atoms with Crippen molar-refractivity contribution in [3.05, 3.63) is 0 Å². The maximum absolute atomic E-state index is 4.32. The van der Waals surface area contributed by atoms with E-state index in [0.717, 1.165) is 9.93 Å². The highest BCUT2D eigenvalue weighted by Gasteiger charge is 2.29. The first-order valence-electron chi connectivity index (χ1n) is 3.28. The molecule has 1 atom stereocenters. The van der Waals surface area contributed by atoms with Gasteiger partial charge in [-0.1, -0.05) is 6.92 Å². The summed E-state index contributed by atoms with van der Waals surface area (Å²) >= 11 is 4.32. The van der Waals surface area contributed by atoms with Crippen LogP contribution in [-0.2, 0) is 9.93 Å². The van der Waals surface area contributed by atoms with Crippen molar-refractivity contribution in [2.45, 2.75) is 18.6 Å². The molecule has 0 saturated carbocycles. The monoisotopic (exact) mass is 181 g/mol. The van der Waals surface area contributed by atoms with Crippen molar-refractivity contribution in [1.29, 1.82) is 0 Å². The molecule has 0 aliphatic carbocycles. The quantitative estimate of drug-likeness (QED) is 0.395. The van der Waals surface area contributed by atoms with Gasteiger partial charge in [-0.2, -0.15) is 12.6 Å². The second-order valence-corrected chi connectivity index (χ2v) is 7.60. The van der Waals surface area contributed by atoms with Gasteiger partial charge < -0.3 is 0 Å². The van der Waals surface area contributed by atoms with Gasteiger partial charge >= 0.3 is 0 Å². The zero-order valence-corrected chi connectivity index (χ0v) is 8.20. The number of hydrogen-bond acceptors (Lipinski definition) is 2. The van der Waals surface area contributed by atoms with Crippen LogP contribution in [0, 0.1) is 0 Å². The standard InChI is InChI=1S/C6H12S3/c1-6(7)5-8-9-3-2-4-9/h6H,2-5H2,1H3/p+1. The molecule has 3 heteroatoms. The van der Waals surface area contributed by atoms with Crippen LogP contribution in [0.4, 0.5) is 0 Å². The summed E-state index contributed by atoms with van der Waals surface area (Å²) in [6.45, 7) is 2.17. The van der Waals surface area contributed by atoms with E-state index in [0.29, 0.717) is 5.25 Å². The molecule has 0 amide bonds. The van der Waals surface area contributed by atoms with Crippen LogP contribution in [0.1, 0.15) is 13.3 Å². The summed E-state index contributed by atoms with van der Waals surface area (Å²) in [6.07, 6.45) is 1.47. The van der Waals surface area contributed by atoms with Gasteiger partial charge in [0.05, 0.1) is 26.5 Å². The Morgan fingerprint density at radius 3 is 2.67 bits per heavy atom. The largest absolute Gasteiger partial charge is 0.175 e. The van der Waals surface area contributed by atoms with E-state index >= 15 is 0 Å². The second kappa shape index (κ2) is 4.04. The Balaban J connectivity index is 1.91. The molecule has 1 unspecified atom stereocenters. The fourth-order valence-electron chi connectivity index (χ4n) is 0.575. The van der Waals surface area contributed by atoms with E-state index < -0.39 is 0 Å². The van der Waals surface area contributed by atoms with Gasteiger partial charge in [0.25, 0.3) is 0 Å². The molecule has 1 rings (SSSR count). The van der Waals surface area contributed by atoms with Crippen LogP contribution in [0.3, 0.4) is 0 Å². The summed E-state index contributed by atoms with van der Waals surface area (Å²) < 4.78 is 0. The van der Waals surface area contributed by atoms with Crippen LogP contribution in [0.25, 0.3) is 0 Å². The van der Waals surface area contributed by atoms with E-state index in [1.165, 1.54) is 23.7 Å². The molecule has 9 heavy (non-hydrogen) atoms. The molecule has 0 aromatic rings. The lowest BCUT2D eigenvalue weighted by atomic mass is 10.5. The van der Waals surface area contributed by atoms with Gasteiger partial charge in [0.15, 0.2) is 0 Å². The highest BCUT2D eigenvalue weighted by atomic mass is 33.1. The molecule has 1 aliphatic heterocycles. The maximum Gasteiger partial charge on any atom is 0.124 e. The molecule has 0 aromatic carbocycles. The van der Waals surface area contributed by atoms with Crippen LogP contribution < -0.4 is 0 Å². The van der Waals surface area contributed by atoms with Crippen LogP contribution in [0.5, 0.6) is 0 Å². The molecule has 1 heterocycles. The minimum Gasteiger partial charge on any atom is -0.175 e. The summed E-state index contributed by atoms with van der Waals surface area (Å²) in [7, 11) is 2.87. The lowest BCUT2D eigenvalue weighted by Gasteiger charge is -2.13. The van der Waals surface area contributed by atoms with Crippen molar-refractivity contribution in [3.8, 4) is 0 Å². The highest BCUT2D eigenvalue weighted by molar-refractivity contribution is 8.74. The van der Waals surface area contributed by atoms with Crippen molar-refractivity contribution in [3.63, 3.8) is 0 Å². The smallest absolute Gasteiger partial charge is 0.124 e. The summed E-state index contributed by atoms with van der Waals surface area (Å²) in [5, 5.41) is 0.586. The Labute approximate surface area is 69.3 Å². The third-order valence-electron chi connectivity index (χ3n) is 1.22.